The van der Waals surface area contributed by atoms with E-state index in [-0.39, 0.29) is 0 Å². The Morgan fingerprint density at radius 2 is 1.96 bits per heavy atom. The molecular weight excluding hydrogens is 296 g/mol. The standard InChI is InChI=1S/C20H37N4/c1-9-16(3)23-18(5)15(2)11-12-19(23)20(21)17(4)22-13-10-14-24(6,7)8/h12,16,21H,9-11,13-14H2,1-8H3/q+1. The molecule has 1 aliphatic heterocycles. The zero-order valence-electron chi connectivity index (χ0n) is 17.0. The number of hydrogen-bond donors (Lipinski definition) is 1. The van der Waals surface area contributed by atoms with E-state index >= 15 is 0 Å². The van der Waals surface area contributed by atoms with Crippen LogP contribution < -0.4 is 0 Å². The van der Waals surface area contributed by atoms with Crippen LogP contribution >= 0.6 is 0 Å². The Labute approximate surface area is 149 Å². The Bertz CT molecular complexity index is 546. The van der Waals surface area contributed by atoms with Gasteiger partial charge in [0.1, 0.15) is 0 Å². The molecule has 1 rings (SSSR count). The van der Waals surface area contributed by atoms with Crippen molar-refractivity contribution in [2.24, 2.45) is 4.99 Å². The Hall–Kier alpha value is -1.42. The summed E-state index contributed by atoms with van der Waals surface area (Å²) in [5.74, 6) is 0. The maximum Gasteiger partial charge on any atom is 0.0981 e. The molecule has 0 amide bonds. The Balaban J connectivity index is 2.84. The van der Waals surface area contributed by atoms with Crippen LogP contribution in [-0.4, -0.2) is 61.1 Å². The summed E-state index contributed by atoms with van der Waals surface area (Å²) in [6, 6.07) is 0.401. The second kappa shape index (κ2) is 8.61. The summed E-state index contributed by atoms with van der Waals surface area (Å²) in [4.78, 5) is 6.99. The van der Waals surface area contributed by atoms with Gasteiger partial charge in [0, 0.05) is 24.7 Å². The van der Waals surface area contributed by atoms with Crippen molar-refractivity contribution in [3.8, 4) is 0 Å². The highest BCUT2D eigenvalue weighted by atomic mass is 15.3. The number of quaternary nitrogens is 1. The van der Waals surface area contributed by atoms with Crippen molar-refractivity contribution in [2.45, 2.75) is 59.9 Å². The van der Waals surface area contributed by atoms with Gasteiger partial charge in [0.05, 0.1) is 44.8 Å². The van der Waals surface area contributed by atoms with Crippen molar-refractivity contribution in [1.82, 2.24) is 4.90 Å². The molecule has 1 unspecified atom stereocenters. The molecule has 4 nitrogen and oxygen atoms in total. The first-order chi connectivity index (χ1) is 11.1. The maximum absolute atomic E-state index is 8.63. The zero-order valence-corrected chi connectivity index (χ0v) is 17.0. The van der Waals surface area contributed by atoms with E-state index in [1.54, 1.807) is 0 Å². The minimum atomic E-state index is 0.401. The predicted molar refractivity (Wildman–Crippen MR) is 106 cm³/mol. The molecule has 0 fully saturated rings. The van der Waals surface area contributed by atoms with Gasteiger partial charge in [-0.2, -0.15) is 0 Å². The molecule has 0 aromatic carbocycles. The summed E-state index contributed by atoms with van der Waals surface area (Å²) in [6.45, 7) is 12.7. The molecule has 0 bridgehead atoms. The normalized spacial score (nSPS) is 17.9. The third-order valence-corrected chi connectivity index (χ3v) is 4.83. The molecule has 136 valence electrons. The van der Waals surface area contributed by atoms with Gasteiger partial charge < -0.3 is 9.38 Å². The van der Waals surface area contributed by atoms with E-state index in [0.717, 1.165) is 48.2 Å². The lowest BCUT2D eigenvalue weighted by Gasteiger charge is -2.37. The van der Waals surface area contributed by atoms with Crippen molar-refractivity contribution >= 4 is 11.4 Å². The molecule has 0 saturated carbocycles. The first kappa shape index (κ1) is 20.6. The Morgan fingerprint density at radius 1 is 1.33 bits per heavy atom. The first-order valence-corrected chi connectivity index (χ1v) is 9.15. The van der Waals surface area contributed by atoms with Crippen LogP contribution in [0.5, 0.6) is 0 Å². The zero-order chi connectivity index (χ0) is 18.5. The van der Waals surface area contributed by atoms with E-state index in [1.807, 2.05) is 6.92 Å². The van der Waals surface area contributed by atoms with Crippen molar-refractivity contribution in [2.75, 3.05) is 34.2 Å². The smallest absolute Gasteiger partial charge is 0.0981 e. The molecule has 1 heterocycles. The molecule has 4 heteroatoms. The van der Waals surface area contributed by atoms with E-state index in [1.165, 1.54) is 11.3 Å². The highest BCUT2D eigenvalue weighted by Gasteiger charge is 2.25. The van der Waals surface area contributed by atoms with E-state index in [4.69, 9.17) is 5.41 Å². The van der Waals surface area contributed by atoms with Crippen LogP contribution in [0.25, 0.3) is 0 Å². The summed E-state index contributed by atoms with van der Waals surface area (Å²) in [5, 5.41) is 8.63. The van der Waals surface area contributed by atoms with Crippen LogP contribution in [-0.2, 0) is 0 Å². The van der Waals surface area contributed by atoms with Gasteiger partial charge >= 0.3 is 0 Å². The second-order valence-corrected chi connectivity index (χ2v) is 8.00. The molecule has 0 spiro atoms. The summed E-state index contributed by atoms with van der Waals surface area (Å²) in [5.41, 5.74) is 5.14. The summed E-state index contributed by atoms with van der Waals surface area (Å²) < 4.78 is 0.961. The summed E-state index contributed by atoms with van der Waals surface area (Å²) in [6.07, 6.45) is 5.25. The minimum Gasteiger partial charge on any atom is -0.341 e. The Kier molecular flexibility index (Phi) is 7.40. The first-order valence-electron chi connectivity index (χ1n) is 9.15. The molecule has 1 aliphatic rings. The fraction of sp³-hybridized carbons (Fsp3) is 0.700. The lowest BCUT2D eigenvalue weighted by molar-refractivity contribution is -0.870. The molecule has 0 aromatic rings. The number of nitrogens with one attached hydrogen (secondary N) is 1. The van der Waals surface area contributed by atoms with Crippen molar-refractivity contribution in [1.29, 1.82) is 5.41 Å². The van der Waals surface area contributed by atoms with Gasteiger partial charge in [0.25, 0.3) is 0 Å². The highest BCUT2D eigenvalue weighted by Crippen LogP contribution is 2.29. The molecule has 0 radical (unpaired) electrons. The topological polar surface area (TPSA) is 39.5 Å². The van der Waals surface area contributed by atoms with Crippen LogP contribution in [0.15, 0.2) is 28.0 Å². The number of nitrogens with zero attached hydrogens (tertiary/aromatic N) is 3. The third-order valence-electron chi connectivity index (χ3n) is 4.83. The minimum absolute atomic E-state index is 0.401. The quantitative estimate of drug-likeness (QED) is 0.403. The number of allylic oxidation sites excluding steroid dienone is 4. The van der Waals surface area contributed by atoms with Crippen LogP contribution in [0.2, 0.25) is 0 Å². The molecular formula is C20H37N4+. The number of hydrogen-bond acceptors (Lipinski definition) is 3. The van der Waals surface area contributed by atoms with Crippen LogP contribution in [0.3, 0.4) is 0 Å². The van der Waals surface area contributed by atoms with Crippen LogP contribution in [0, 0.1) is 5.41 Å². The van der Waals surface area contributed by atoms with Gasteiger partial charge in [0.15, 0.2) is 0 Å². The predicted octanol–water partition coefficient (Wildman–Crippen LogP) is 4.25. The fourth-order valence-corrected chi connectivity index (χ4v) is 2.91. The average molecular weight is 334 g/mol. The second-order valence-electron chi connectivity index (χ2n) is 8.00. The van der Waals surface area contributed by atoms with Gasteiger partial charge in [-0.15, -0.1) is 0 Å². The molecule has 1 atom stereocenters. The lowest BCUT2D eigenvalue weighted by atomic mass is 9.98. The largest absolute Gasteiger partial charge is 0.341 e. The average Bonchev–Trinajstić information content (AvgIpc) is 2.51. The van der Waals surface area contributed by atoms with Gasteiger partial charge in [-0.25, -0.2) is 0 Å². The van der Waals surface area contributed by atoms with Crippen LogP contribution in [0.1, 0.15) is 53.9 Å². The van der Waals surface area contributed by atoms with Crippen molar-refractivity contribution in [3.63, 3.8) is 0 Å². The highest BCUT2D eigenvalue weighted by molar-refractivity contribution is 6.46. The molecule has 0 saturated heterocycles. The van der Waals surface area contributed by atoms with E-state index in [0.29, 0.717) is 11.8 Å². The van der Waals surface area contributed by atoms with Crippen molar-refractivity contribution in [3.05, 3.63) is 23.0 Å². The van der Waals surface area contributed by atoms with E-state index in [9.17, 15) is 0 Å². The summed E-state index contributed by atoms with van der Waals surface area (Å²) >= 11 is 0. The summed E-state index contributed by atoms with van der Waals surface area (Å²) in [7, 11) is 6.60. The fourth-order valence-electron chi connectivity index (χ4n) is 2.91. The lowest BCUT2D eigenvalue weighted by Crippen LogP contribution is -2.37. The molecule has 0 aromatic heterocycles. The SMILES string of the molecule is CCC(C)N1C(C(=N)C(C)=NCCC[N+](C)(C)C)=CCC(C)=C1C. The number of aliphatic imine (C=N–C) groups is 1. The maximum atomic E-state index is 8.63. The van der Waals surface area contributed by atoms with Gasteiger partial charge in [-0.05, 0) is 40.5 Å². The molecule has 0 aliphatic carbocycles. The van der Waals surface area contributed by atoms with E-state index < -0.39 is 0 Å². The van der Waals surface area contributed by atoms with Gasteiger partial charge in [-0.3, -0.25) is 10.4 Å². The molecule has 1 N–H and O–H groups in total. The van der Waals surface area contributed by atoms with Gasteiger partial charge in [-0.1, -0.05) is 18.6 Å². The van der Waals surface area contributed by atoms with Crippen LogP contribution in [0.4, 0.5) is 0 Å². The third kappa shape index (κ3) is 5.59. The van der Waals surface area contributed by atoms with Crippen molar-refractivity contribution < 1.29 is 4.48 Å². The van der Waals surface area contributed by atoms with Gasteiger partial charge in [0.2, 0.25) is 0 Å². The monoisotopic (exact) mass is 333 g/mol. The van der Waals surface area contributed by atoms with E-state index in [2.05, 4.69) is 64.8 Å². The Morgan fingerprint density at radius 3 is 2.50 bits per heavy atom. The molecule has 24 heavy (non-hydrogen) atoms. The number of rotatable bonds is 8.